The molecule has 0 atom stereocenters. The number of benzene rings is 1. The van der Waals surface area contributed by atoms with E-state index in [1.165, 1.54) is 17.4 Å². The molecule has 0 spiro atoms. The highest BCUT2D eigenvalue weighted by atomic mass is 32.1. The molecule has 2 N–H and O–H groups in total. The number of nitrogens with zero attached hydrogens (tertiary/aromatic N) is 1. The first-order chi connectivity index (χ1) is 9.79. The molecular weight excluding hydrogens is 305 g/mol. The largest absolute Gasteiger partial charge is 0.478 e. The maximum absolute atomic E-state index is 12.7. The lowest BCUT2D eigenvalue weighted by Gasteiger charge is -2.12. The average Bonchev–Trinajstić information content (AvgIpc) is 2.80. The van der Waals surface area contributed by atoms with Crippen LogP contribution in [0.1, 0.15) is 26.5 Å². The summed E-state index contributed by atoms with van der Waals surface area (Å²) >= 11 is 1.42. The fourth-order valence-corrected chi connectivity index (χ4v) is 2.47. The molecular formula is C13H11F3N2O2S. The Labute approximate surface area is 122 Å². The number of hydrogen-bond donors (Lipinski definition) is 2. The van der Waals surface area contributed by atoms with Gasteiger partial charge in [-0.2, -0.15) is 13.2 Å². The number of carbonyl (C=O) groups is 1. The van der Waals surface area contributed by atoms with Crippen LogP contribution in [-0.2, 0) is 12.7 Å². The van der Waals surface area contributed by atoms with E-state index in [1.807, 2.05) is 6.92 Å². The molecule has 1 aromatic carbocycles. The summed E-state index contributed by atoms with van der Waals surface area (Å²) in [6.45, 7) is 2.20. The predicted octanol–water partition coefficient (Wildman–Crippen LogP) is 3.78. The molecule has 0 saturated heterocycles. The third-order valence-corrected chi connectivity index (χ3v) is 3.79. The summed E-state index contributed by atoms with van der Waals surface area (Å²) in [6.07, 6.45) is -4.69. The van der Waals surface area contributed by atoms with Gasteiger partial charge in [0.05, 0.1) is 28.9 Å². The van der Waals surface area contributed by atoms with Gasteiger partial charge in [0.15, 0.2) is 0 Å². The highest BCUT2D eigenvalue weighted by molar-refractivity contribution is 7.09. The maximum atomic E-state index is 12.7. The first kappa shape index (κ1) is 15.3. The summed E-state index contributed by atoms with van der Waals surface area (Å²) in [5.74, 6) is -1.61. The molecule has 21 heavy (non-hydrogen) atoms. The Bertz CT molecular complexity index is 668. The number of aromatic carboxylic acids is 1. The van der Waals surface area contributed by atoms with Crippen LogP contribution in [-0.4, -0.2) is 16.1 Å². The lowest BCUT2D eigenvalue weighted by Crippen LogP contribution is -2.13. The SMILES string of the molecule is Cc1ncsc1CNc1ccc(C(F)(F)F)c(C(=O)O)c1. The van der Waals surface area contributed by atoms with Crippen molar-refractivity contribution in [1.82, 2.24) is 4.98 Å². The Hall–Kier alpha value is -2.09. The Kier molecular flexibility index (Phi) is 4.17. The summed E-state index contributed by atoms with van der Waals surface area (Å²) in [6, 6.07) is 2.97. The van der Waals surface area contributed by atoms with Gasteiger partial charge in [0, 0.05) is 10.6 Å². The highest BCUT2D eigenvalue weighted by Gasteiger charge is 2.35. The van der Waals surface area contributed by atoms with Gasteiger partial charge in [-0.05, 0) is 25.1 Å². The molecule has 0 unspecified atom stereocenters. The van der Waals surface area contributed by atoms with Crippen LogP contribution in [0.3, 0.4) is 0 Å². The molecule has 8 heteroatoms. The van der Waals surface area contributed by atoms with Crippen LogP contribution in [0.15, 0.2) is 23.7 Å². The Morgan fingerprint density at radius 2 is 2.14 bits per heavy atom. The van der Waals surface area contributed by atoms with E-state index in [2.05, 4.69) is 10.3 Å². The van der Waals surface area contributed by atoms with Gasteiger partial charge in [-0.15, -0.1) is 11.3 Å². The number of rotatable bonds is 4. The number of alkyl halides is 3. The van der Waals surface area contributed by atoms with Crippen LogP contribution >= 0.6 is 11.3 Å². The number of aromatic nitrogens is 1. The molecule has 0 amide bonds. The number of hydrogen-bond acceptors (Lipinski definition) is 4. The Morgan fingerprint density at radius 1 is 1.43 bits per heavy atom. The van der Waals surface area contributed by atoms with E-state index in [1.54, 1.807) is 5.51 Å². The van der Waals surface area contributed by atoms with E-state index in [4.69, 9.17) is 5.11 Å². The molecule has 0 aliphatic rings. The van der Waals surface area contributed by atoms with Gasteiger partial charge in [0.25, 0.3) is 0 Å². The van der Waals surface area contributed by atoms with E-state index >= 15 is 0 Å². The van der Waals surface area contributed by atoms with Crippen molar-refractivity contribution in [3.63, 3.8) is 0 Å². The lowest BCUT2D eigenvalue weighted by atomic mass is 10.1. The number of anilines is 1. The van der Waals surface area contributed by atoms with Gasteiger partial charge in [0.1, 0.15) is 0 Å². The number of thiazole rings is 1. The molecule has 0 aliphatic heterocycles. The van der Waals surface area contributed by atoms with Crippen molar-refractivity contribution in [1.29, 1.82) is 0 Å². The maximum Gasteiger partial charge on any atom is 0.417 e. The quantitative estimate of drug-likeness (QED) is 0.901. The Morgan fingerprint density at radius 3 is 2.67 bits per heavy atom. The van der Waals surface area contributed by atoms with E-state index in [0.717, 1.165) is 22.7 Å². The van der Waals surface area contributed by atoms with Crippen LogP contribution in [0.4, 0.5) is 18.9 Å². The lowest BCUT2D eigenvalue weighted by molar-refractivity contribution is -0.138. The van der Waals surface area contributed by atoms with Gasteiger partial charge in [-0.25, -0.2) is 9.78 Å². The van der Waals surface area contributed by atoms with Crippen molar-refractivity contribution in [3.8, 4) is 0 Å². The third kappa shape index (κ3) is 3.52. The number of halogens is 3. The zero-order valence-corrected chi connectivity index (χ0v) is 11.7. The fraction of sp³-hybridized carbons (Fsp3) is 0.231. The predicted molar refractivity (Wildman–Crippen MR) is 72.6 cm³/mol. The molecule has 1 heterocycles. The molecule has 1 aromatic heterocycles. The summed E-state index contributed by atoms with van der Waals surface area (Å²) in [7, 11) is 0. The number of carboxylic acid groups (broad SMARTS) is 1. The van der Waals surface area contributed by atoms with Crippen LogP contribution < -0.4 is 5.32 Å². The molecule has 4 nitrogen and oxygen atoms in total. The number of carboxylic acids is 1. The Balaban J connectivity index is 2.24. The number of aryl methyl sites for hydroxylation is 1. The standard InChI is InChI=1S/C13H11F3N2O2S/c1-7-11(21-6-18-7)5-17-8-2-3-10(13(14,15)16)9(4-8)12(19)20/h2-4,6,17H,5H2,1H3,(H,19,20). The van der Waals surface area contributed by atoms with Crippen LogP contribution in [0, 0.1) is 6.92 Å². The second kappa shape index (κ2) is 5.72. The van der Waals surface area contributed by atoms with Crippen LogP contribution in [0.2, 0.25) is 0 Å². The normalized spacial score (nSPS) is 11.4. The second-order valence-electron chi connectivity index (χ2n) is 4.28. The van der Waals surface area contributed by atoms with Crippen molar-refractivity contribution < 1.29 is 23.1 Å². The van der Waals surface area contributed by atoms with Gasteiger partial charge in [0.2, 0.25) is 0 Å². The van der Waals surface area contributed by atoms with Gasteiger partial charge in [-0.3, -0.25) is 0 Å². The fourth-order valence-electron chi connectivity index (χ4n) is 1.76. The van der Waals surface area contributed by atoms with Crippen molar-refractivity contribution in [2.24, 2.45) is 0 Å². The van der Waals surface area contributed by atoms with E-state index in [9.17, 15) is 18.0 Å². The minimum absolute atomic E-state index is 0.313. The van der Waals surface area contributed by atoms with Gasteiger partial charge >= 0.3 is 12.1 Å². The summed E-state index contributed by atoms with van der Waals surface area (Å²) in [4.78, 5) is 16.0. The highest BCUT2D eigenvalue weighted by Crippen LogP contribution is 2.33. The number of nitrogens with one attached hydrogen (secondary N) is 1. The first-order valence-electron chi connectivity index (χ1n) is 5.86. The van der Waals surface area contributed by atoms with Crippen molar-refractivity contribution >= 4 is 23.0 Å². The molecule has 112 valence electrons. The van der Waals surface area contributed by atoms with E-state index in [0.29, 0.717) is 12.2 Å². The summed E-state index contributed by atoms with van der Waals surface area (Å²) in [5, 5.41) is 11.8. The monoisotopic (exact) mass is 316 g/mol. The van der Waals surface area contributed by atoms with Crippen molar-refractivity contribution in [2.45, 2.75) is 19.6 Å². The first-order valence-corrected chi connectivity index (χ1v) is 6.74. The van der Waals surface area contributed by atoms with Gasteiger partial charge in [-0.1, -0.05) is 0 Å². The topological polar surface area (TPSA) is 62.2 Å². The minimum Gasteiger partial charge on any atom is -0.478 e. The van der Waals surface area contributed by atoms with Crippen LogP contribution in [0.5, 0.6) is 0 Å². The molecule has 0 aliphatic carbocycles. The molecule has 2 rings (SSSR count). The van der Waals surface area contributed by atoms with E-state index in [-0.39, 0.29) is 0 Å². The zero-order chi connectivity index (χ0) is 15.6. The molecule has 2 aromatic rings. The molecule has 0 saturated carbocycles. The summed E-state index contributed by atoms with van der Waals surface area (Å²) < 4.78 is 38.1. The van der Waals surface area contributed by atoms with Crippen molar-refractivity contribution in [3.05, 3.63) is 45.4 Å². The van der Waals surface area contributed by atoms with Crippen molar-refractivity contribution in [2.75, 3.05) is 5.32 Å². The smallest absolute Gasteiger partial charge is 0.417 e. The molecule has 0 bridgehead atoms. The summed E-state index contributed by atoms with van der Waals surface area (Å²) in [5.41, 5.74) is 0.885. The van der Waals surface area contributed by atoms with E-state index < -0.39 is 23.3 Å². The molecule has 0 radical (unpaired) electrons. The molecule has 0 fully saturated rings. The average molecular weight is 316 g/mol. The zero-order valence-electron chi connectivity index (χ0n) is 10.9. The third-order valence-electron chi connectivity index (χ3n) is 2.85. The van der Waals surface area contributed by atoms with Crippen LogP contribution in [0.25, 0.3) is 0 Å². The van der Waals surface area contributed by atoms with Gasteiger partial charge < -0.3 is 10.4 Å². The minimum atomic E-state index is -4.69. The second-order valence-corrected chi connectivity index (χ2v) is 5.22.